The molecule has 2 aromatic rings. The summed E-state index contributed by atoms with van der Waals surface area (Å²) in [6, 6.07) is 10.1. The lowest BCUT2D eigenvalue weighted by atomic mass is 9.72. The highest BCUT2D eigenvalue weighted by atomic mass is 16.6. The van der Waals surface area contributed by atoms with Gasteiger partial charge in [0.15, 0.2) is 6.10 Å². The first-order chi connectivity index (χ1) is 12.1. The van der Waals surface area contributed by atoms with Crippen molar-refractivity contribution in [2.24, 2.45) is 5.41 Å². The molecule has 140 valence electrons. The lowest BCUT2D eigenvalue weighted by Gasteiger charge is -2.33. The average molecular weight is 356 g/mol. The molecule has 0 aliphatic carbocycles. The summed E-state index contributed by atoms with van der Waals surface area (Å²) < 4.78 is 13.4. The Morgan fingerprint density at radius 2 is 1.85 bits per heavy atom. The monoisotopic (exact) mass is 356 g/mol. The number of aromatic nitrogens is 2. The molecule has 0 saturated heterocycles. The molecule has 1 aliphatic heterocycles. The minimum Gasteiger partial charge on any atom is -0.490 e. The van der Waals surface area contributed by atoms with Gasteiger partial charge in [-0.1, -0.05) is 46.8 Å². The maximum atomic E-state index is 11.3. The lowest BCUT2D eigenvalue weighted by Crippen LogP contribution is -2.25. The normalized spacial score (nSPS) is 16.9. The van der Waals surface area contributed by atoms with E-state index in [2.05, 4.69) is 51.7 Å². The van der Waals surface area contributed by atoms with E-state index in [9.17, 15) is 4.79 Å². The molecule has 1 unspecified atom stereocenters. The zero-order chi connectivity index (χ0) is 18.9. The van der Waals surface area contributed by atoms with Crippen molar-refractivity contribution >= 4 is 0 Å². The maximum absolute atomic E-state index is 11.3. The predicted molar refractivity (Wildman–Crippen MR) is 102 cm³/mol. The number of benzene rings is 1. The molecule has 0 fully saturated rings. The first-order valence-corrected chi connectivity index (χ1v) is 9.10. The van der Waals surface area contributed by atoms with Crippen LogP contribution in [0.5, 0.6) is 11.8 Å². The van der Waals surface area contributed by atoms with E-state index in [0.29, 0.717) is 19.2 Å². The lowest BCUT2D eigenvalue weighted by molar-refractivity contribution is 0.143. The third kappa shape index (κ3) is 4.45. The predicted octanol–water partition coefficient (Wildman–Crippen LogP) is 3.80. The van der Waals surface area contributed by atoms with Crippen molar-refractivity contribution in [3.63, 3.8) is 0 Å². The van der Waals surface area contributed by atoms with Gasteiger partial charge < -0.3 is 9.47 Å². The van der Waals surface area contributed by atoms with Gasteiger partial charge in [-0.25, -0.2) is 0 Å². The molecule has 5 nitrogen and oxygen atoms in total. The number of ether oxygens (including phenoxy) is 2. The van der Waals surface area contributed by atoms with Gasteiger partial charge in [-0.15, -0.1) is 0 Å². The molecule has 3 rings (SSSR count). The molecule has 1 aromatic carbocycles. The van der Waals surface area contributed by atoms with E-state index >= 15 is 0 Å². The van der Waals surface area contributed by atoms with Gasteiger partial charge in [0.25, 0.3) is 11.6 Å². The largest absolute Gasteiger partial charge is 0.490 e. The van der Waals surface area contributed by atoms with E-state index in [4.69, 9.17) is 9.47 Å². The van der Waals surface area contributed by atoms with Crippen LogP contribution in [0.1, 0.15) is 46.6 Å². The third-order valence-electron chi connectivity index (χ3n) is 4.56. The standard InChI is InChI=1S/C21H28N2O3/c1-20(2,3)14-21(4,5)15-6-8-16(9-7-15)25-13-17-12-23-11-10-18(24)22-19(23)26-17/h6-11,17H,12-14H2,1-5H3. The summed E-state index contributed by atoms with van der Waals surface area (Å²) in [5.74, 6) is 0.822. The van der Waals surface area contributed by atoms with E-state index in [1.54, 1.807) is 6.20 Å². The van der Waals surface area contributed by atoms with Crippen LogP contribution in [0, 0.1) is 5.41 Å². The van der Waals surface area contributed by atoms with Crippen LogP contribution < -0.4 is 15.0 Å². The van der Waals surface area contributed by atoms with Gasteiger partial charge in [-0.05, 0) is 34.9 Å². The van der Waals surface area contributed by atoms with Crippen molar-refractivity contribution in [1.29, 1.82) is 0 Å². The zero-order valence-corrected chi connectivity index (χ0v) is 16.3. The van der Waals surface area contributed by atoms with E-state index in [0.717, 1.165) is 12.2 Å². The fourth-order valence-corrected chi connectivity index (χ4v) is 3.76. The SMILES string of the molecule is CC(C)(C)CC(C)(C)c1ccc(OCC2Cn3ccc(=O)nc3O2)cc1. The third-order valence-corrected chi connectivity index (χ3v) is 4.56. The van der Waals surface area contributed by atoms with Crippen molar-refractivity contribution in [2.45, 2.75) is 59.1 Å². The summed E-state index contributed by atoms with van der Waals surface area (Å²) in [6.07, 6.45) is 2.68. The second kappa shape index (κ2) is 6.78. The molecule has 0 spiro atoms. The minimum atomic E-state index is -0.286. The highest BCUT2D eigenvalue weighted by Gasteiger charge is 2.27. The number of fused-ring (bicyclic) bond motifs is 1. The second-order valence-electron chi connectivity index (χ2n) is 8.90. The summed E-state index contributed by atoms with van der Waals surface area (Å²) >= 11 is 0. The topological polar surface area (TPSA) is 53.4 Å². The van der Waals surface area contributed by atoms with Crippen LogP contribution in [0.4, 0.5) is 0 Å². The first-order valence-electron chi connectivity index (χ1n) is 9.10. The van der Waals surface area contributed by atoms with Crippen molar-refractivity contribution < 1.29 is 9.47 Å². The first kappa shape index (κ1) is 18.5. The van der Waals surface area contributed by atoms with Crippen LogP contribution in [0.15, 0.2) is 41.3 Å². The van der Waals surface area contributed by atoms with Crippen molar-refractivity contribution in [1.82, 2.24) is 9.55 Å². The van der Waals surface area contributed by atoms with Gasteiger partial charge in [0.05, 0.1) is 6.54 Å². The Hall–Kier alpha value is -2.30. The van der Waals surface area contributed by atoms with Crippen LogP contribution in [0.25, 0.3) is 0 Å². The molecule has 0 N–H and O–H groups in total. The van der Waals surface area contributed by atoms with Gasteiger partial charge in [0.1, 0.15) is 12.4 Å². The number of hydrogen-bond acceptors (Lipinski definition) is 4. The molecule has 1 atom stereocenters. The maximum Gasteiger partial charge on any atom is 0.300 e. The quantitative estimate of drug-likeness (QED) is 0.818. The highest BCUT2D eigenvalue weighted by molar-refractivity contribution is 5.31. The zero-order valence-electron chi connectivity index (χ0n) is 16.3. The smallest absolute Gasteiger partial charge is 0.300 e. The van der Waals surface area contributed by atoms with Gasteiger partial charge >= 0.3 is 0 Å². The van der Waals surface area contributed by atoms with Crippen molar-refractivity contribution in [2.75, 3.05) is 6.61 Å². The van der Waals surface area contributed by atoms with Crippen LogP contribution in [-0.2, 0) is 12.0 Å². The molecule has 26 heavy (non-hydrogen) atoms. The van der Waals surface area contributed by atoms with Gasteiger partial charge in [-0.2, -0.15) is 4.98 Å². The van der Waals surface area contributed by atoms with E-state index in [-0.39, 0.29) is 22.5 Å². The Labute approximate surface area is 155 Å². The molecule has 0 amide bonds. The fourth-order valence-electron chi connectivity index (χ4n) is 3.76. The van der Waals surface area contributed by atoms with Gasteiger partial charge in [-0.3, -0.25) is 9.36 Å². The Morgan fingerprint density at radius 3 is 2.50 bits per heavy atom. The molecule has 0 bridgehead atoms. The average Bonchev–Trinajstić information content (AvgIpc) is 2.93. The van der Waals surface area contributed by atoms with Crippen molar-refractivity contribution in [3.8, 4) is 11.8 Å². The van der Waals surface area contributed by atoms with Gasteiger partial charge in [0, 0.05) is 12.3 Å². The molecule has 5 heteroatoms. The summed E-state index contributed by atoms with van der Waals surface area (Å²) in [6.45, 7) is 12.4. The van der Waals surface area contributed by atoms with E-state index in [1.807, 2.05) is 16.7 Å². The molecule has 1 aliphatic rings. The molecule has 1 aromatic heterocycles. The van der Waals surface area contributed by atoms with E-state index in [1.165, 1.54) is 11.6 Å². The van der Waals surface area contributed by atoms with Crippen LogP contribution in [0.3, 0.4) is 0 Å². The summed E-state index contributed by atoms with van der Waals surface area (Å²) in [5.41, 5.74) is 1.42. The summed E-state index contributed by atoms with van der Waals surface area (Å²) in [7, 11) is 0. The number of rotatable bonds is 5. The highest BCUT2D eigenvalue weighted by Crippen LogP contribution is 2.36. The molecular weight excluding hydrogens is 328 g/mol. The Bertz CT molecular complexity index is 816. The Morgan fingerprint density at radius 1 is 1.15 bits per heavy atom. The van der Waals surface area contributed by atoms with Crippen LogP contribution in [0.2, 0.25) is 0 Å². The molecule has 2 heterocycles. The van der Waals surface area contributed by atoms with E-state index < -0.39 is 0 Å². The molecule has 0 saturated carbocycles. The minimum absolute atomic E-state index is 0.116. The molecular formula is C21H28N2O3. The van der Waals surface area contributed by atoms with Crippen LogP contribution in [-0.4, -0.2) is 22.3 Å². The summed E-state index contributed by atoms with van der Waals surface area (Å²) in [5, 5.41) is 0. The Kier molecular flexibility index (Phi) is 4.82. The molecule has 0 radical (unpaired) electrons. The second-order valence-corrected chi connectivity index (χ2v) is 8.90. The fraction of sp³-hybridized carbons (Fsp3) is 0.524. The van der Waals surface area contributed by atoms with Crippen LogP contribution >= 0.6 is 0 Å². The Balaban J connectivity index is 1.58. The number of hydrogen-bond donors (Lipinski definition) is 0. The number of nitrogens with zero attached hydrogens (tertiary/aromatic N) is 2. The van der Waals surface area contributed by atoms with Gasteiger partial charge in [0.2, 0.25) is 0 Å². The summed E-state index contributed by atoms with van der Waals surface area (Å²) in [4.78, 5) is 15.1. The van der Waals surface area contributed by atoms with Crippen molar-refractivity contribution in [3.05, 3.63) is 52.4 Å².